The Hall–Kier alpha value is -2.76. The van der Waals surface area contributed by atoms with Gasteiger partial charge in [0.05, 0.1) is 0 Å². The Bertz CT molecular complexity index is 946. The summed E-state index contributed by atoms with van der Waals surface area (Å²) in [4.78, 5) is 23.2. The maximum Gasteiger partial charge on any atom is 0.519 e. The SMILES string of the molecule is C[C](c1oc(=O)oc1-c1ccccc1)c1oc(=O)oc1C(C)(C)C. The first-order chi connectivity index (χ1) is 11.3. The quantitative estimate of drug-likeness (QED) is 0.727. The summed E-state index contributed by atoms with van der Waals surface area (Å²) < 4.78 is 20.8. The fourth-order valence-corrected chi connectivity index (χ4v) is 2.43. The number of rotatable bonds is 3. The molecule has 0 N–H and O–H groups in total. The first kappa shape index (κ1) is 16.1. The van der Waals surface area contributed by atoms with Crippen molar-refractivity contribution in [2.24, 2.45) is 0 Å². The molecule has 1 radical (unpaired) electrons. The van der Waals surface area contributed by atoms with Crippen LogP contribution in [0.15, 0.2) is 57.6 Å². The zero-order valence-corrected chi connectivity index (χ0v) is 13.8. The van der Waals surface area contributed by atoms with Crippen LogP contribution in [0.5, 0.6) is 0 Å². The molecule has 0 aliphatic heterocycles. The van der Waals surface area contributed by atoms with E-state index in [0.717, 1.165) is 0 Å². The van der Waals surface area contributed by atoms with Crippen LogP contribution in [0.4, 0.5) is 0 Å². The van der Waals surface area contributed by atoms with Gasteiger partial charge < -0.3 is 17.7 Å². The second-order valence-corrected chi connectivity index (χ2v) is 6.47. The van der Waals surface area contributed by atoms with Crippen LogP contribution in [0.25, 0.3) is 11.3 Å². The molecule has 24 heavy (non-hydrogen) atoms. The van der Waals surface area contributed by atoms with Crippen molar-refractivity contribution in [1.29, 1.82) is 0 Å². The van der Waals surface area contributed by atoms with E-state index < -0.39 is 17.1 Å². The fourth-order valence-electron chi connectivity index (χ4n) is 2.43. The normalized spacial score (nSPS) is 12.0. The van der Waals surface area contributed by atoms with E-state index in [1.54, 1.807) is 19.1 Å². The van der Waals surface area contributed by atoms with Crippen LogP contribution in [-0.2, 0) is 5.41 Å². The van der Waals surface area contributed by atoms with Crippen LogP contribution in [0, 0.1) is 5.92 Å². The van der Waals surface area contributed by atoms with Crippen molar-refractivity contribution in [3.63, 3.8) is 0 Å². The van der Waals surface area contributed by atoms with Gasteiger partial charge in [0.2, 0.25) is 0 Å². The van der Waals surface area contributed by atoms with Crippen LogP contribution in [0.3, 0.4) is 0 Å². The lowest BCUT2D eigenvalue weighted by Gasteiger charge is -2.16. The van der Waals surface area contributed by atoms with E-state index in [9.17, 15) is 9.59 Å². The van der Waals surface area contributed by atoms with Gasteiger partial charge in [0, 0.05) is 11.0 Å². The summed E-state index contributed by atoms with van der Waals surface area (Å²) in [5, 5.41) is 0. The standard InChI is InChI=1S/C18H17O6/c1-10(13-15(18(2,3)4)24-17(20)22-13)12-14(23-16(19)21-12)11-8-6-5-7-9-11/h5-9H,1-4H3. The van der Waals surface area contributed by atoms with Crippen LogP contribution < -0.4 is 11.6 Å². The Balaban J connectivity index is 2.15. The fraction of sp³-hybridized carbons (Fsp3) is 0.278. The third kappa shape index (κ3) is 2.87. The zero-order valence-electron chi connectivity index (χ0n) is 13.8. The molecule has 6 nitrogen and oxygen atoms in total. The van der Waals surface area contributed by atoms with Crippen molar-refractivity contribution < 1.29 is 17.7 Å². The minimum absolute atomic E-state index is 0.209. The summed E-state index contributed by atoms with van der Waals surface area (Å²) in [5.41, 5.74) is 0.223. The highest BCUT2D eigenvalue weighted by molar-refractivity contribution is 5.63. The van der Waals surface area contributed by atoms with Gasteiger partial charge in [-0.25, -0.2) is 9.59 Å². The summed E-state index contributed by atoms with van der Waals surface area (Å²) in [7, 11) is 0. The van der Waals surface area contributed by atoms with Gasteiger partial charge in [-0.05, 0) is 6.92 Å². The molecule has 0 aliphatic rings. The van der Waals surface area contributed by atoms with E-state index >= 15 is 0 Å². The Morgan fingerprint density at radius 3 is 2.04 bits per heavy atom. The molecule has 0 fully saturated rings. The summed E-state index contributed by atoms with van der Waals surface area (Å²) in [6.45, 7) is 7.35. The molecular weight excluding hydrogens is 312 g/mol. The van der Waals surface area contributed by atoms with Crippen LogP contribution in [0.2, 0.25) is 0 Å². The lowest BCUT2D eigenvalue weighted by Crippen LogP contribution is -2.14. The van der Waals surface area contributed by atoms with Gasteiger partial charge in [-0.2, -0.15) is 0 Å². The molecule has 0 saturated heterocycles. The number of hydrogen-bond donors (Lipinski definition) is 0. The van der Waals surface area contributed by atoms with E-state index in [4.69, 9.17) is 17.7 Å². The van der Waals surface area contributed by atoms with Crippen molar-refractivity contribution >= 4 is 0 Å². The Morgan fingerprint density at radius 1 is 0.833 bits per heavy atom. The van der Waals surface area contributed by atoms with Crippen molar-refractivity contribution in [2.45, 2.75) is 33.1 Å². The van der Waals surface area contributed by atoms with Crippen LogP contribution >= 0.6 is 0 Å². The first-order valence-corrected chi connectivity index (χ1v) is 7.45. The van der Waals surface area contributed by atoms with E-state index in [1.165, 1.54) is 0 Å². The van der Waals surface area contributed by atoms with E-state index in [-0.39, 0.29) is 17.3 Å². The summed E-state index contributed by atoms with van der Waals surface area (Å²) in [5.74, 6) is -0.0617. The molecule has 2 aromatic heterocycles. The van der Waals surface area contributed by atoms with E-state index in [2.05, 4.69) is 0 Å². The Labute approximate surface area is 137 Å². The average molecular weight is 329 g/mol. The lowest BCUT2D eigenvalue weighted by molar-refractivity contribution is 0.344. The maximum atomic E-state index is 11.6. The lowest BCUT2D eigenvalue weighted by atomic mass is 9.88. The minimum Gasteiger partial charge on any atom is -0.395 e. The molecule has 6 heteroatoms. The third-order valence-electron chi connectivity index (χ3n) is 3.55. The minimum atomic E-state index is -0.827. The molecule has 2 heterocycles. The van der Waals surface area contributed by atoms with Crippen LogP contribution in [0.1, 0.15) is 45.0 Å². The largest absolute Gasteiger partial charge is 0.519 e. The molecule has 125 valence electrons. The van der Waals surface area contributed by atoms with Gasteiger partial charge in [-0.1, -0.05) is 51.1 Å². The highest BCUT2D eigenvalue weighted by Crippen LogP contribution is 2.36. The van der Waals surface area contributed by atoms with Crippen molar-refractivity contribution in [3.8, 4) is 11.3 Å². The summed E-state index contributed by atoms with van der Waals surface area (Å²) in [6.07, 6.45) is 0. The predicted molar refractivity (Wildman–Crippen MR) is 85.7 cm³/mol. The third-order valence-corrected chi connectivity index (χ3v) is 3.55. The molecule has 1 aromatic carbocycles. The second-order valence-electron chi connectivity index (χ2n) is 6.47. The van der Waals surface area contributed by atoms with Gasteiger partial charge in [0.15, 0.2) is 23.0 Å². The second kappa shape index (κ2) is 5.70. The molecule has 0 unspecified atom stereocenters. The molecular formula is C18H17O6. The van der Waals surface area contributed by atoms with Gasteiger partial charge >= 0.3 is 11.6 Å². The van der Waals surface area contributed by atoms with Gasteiger partial charge in [0.25, 0.3) is 0 Å². The van der Waals surface area contributed by atoms with Gasteiger partial charge in [-0.3, -0.25) is 0 Å². The van der Waals surface area contributed by atoms with E-state index in [1.807, 2.05) is 39.0 Å². The molecule has 0 saturated carbocycles. The molecule has 0 aliphatic carbocycles. The Morgan fingerprint density at radius 2 is 1.42 bits per heavy atom. The summed E-state index contributed by atoms with van der Waals surface area (Å²) >= 11 is 0. The van der Waals surface area contributed by atoms with Crippen molar-refractivity contribution in [1.82, 2.24) is 0 Å². The van der Waals surface area contributed by atoms with Gasteiger partial charge in [0.1, 0.15) is 5.92 Å². The average Bonchev–Trinajstić information content (AvgIpc) is 3.10. The molecule has 0 bridgehead atoms. The topological polar surface area (TPSA) is 86.7 Å². The van der Waals surface area contributed by atoms with Crippen LogP contribution in [-0.4, -0.2) is 0 Å². The highest BCUT2D eigenvalue weighted by atomic mass is 16.6. The first-order valence-electron chi connectivity index (χ1n) is 7.45. The predicted octanol–water partition coefficient (Wildman–Crippen LogP) is 3.73. The zero-order chi connectivity index (χ0) is 17.5. The number of hydrogen-bond acceptors (Lipinski definition) is 6. The van der Waals surface area contributed by atoms with Crippen molar-refractivity contribution in [3.05, 3.63) is 74.8 Å². The number of benzene rings is 1. The monoisotopic (exact) mass is 329 g/mol. The molecule has 0 atom stereocenters. The smallest absolute Gasteiger partial charge is 0.395 e. The molecule has 3 aromatic rings. The Kier molecular flexibility index (Phi) is 3.83. The molecule has 3 rings (SSSR count). The summed E-state index contributed by atoms with van der Waals surface area (Å²) in [6, 6.07) is 9.08. The van der Waals surface area contributed by atoms with Gasteiger partial charge in [-0.15, -0.1) is 0 Å². The van der Waals surface area contributed by atoms with Crippen molar-refractivity contribution in [2.75, 3.05) is 0 Å². The van der Waals surface area contributed by atoms with E-state index in [0.29, 0.717) is 17.2 Å². The maximum absolute atomic E-state index is 11.6. The molecule has 0 spiro atoms. The highest BCUT2D eigenvalue weighted by Gasteiger charge is 2.34. The molecule has 0 amide bonds.